The van der Waals surface area contributed by atoms with Gasteiger partial charge in [-0.2, -0.15) is 0 Å². The van der Waals surface area contributed by atoms with Gasteiger partial charge >= 0.3 is 6.09 Å². The minimum Gasteiger partial charge on any atom is -0.444 e. The van der Waals surface area contributed by atoms with Crippen LogP contribution in [0.25, 0.3) is 0 Å². The normalized spacial score (nSPS) is 26.3. The van der Waals surface area contributed by atoms with Crippen LogP contribution in [0.4, 0.5) is 4.79 Å². The van der Waals surface area contributed by atoms with Crippen LogP contribution in [0.5, 0.6) is 0 Å². The average molecular weight is 239 g/mol. The first-order valence-corrected chi connectivity index (χ1v) is 6.49. The maximum atomic E-state index is 12.2. The molecule has 0 aromatic carbocycles. The second kappa shape index (κ2) is 5.56. The molecule has 3 nitrogen and oxygen atoms in total. The lowest BCUT2D eigenvalue weighted by Crippen LogP contribution is -2.49. The molecule has 1 aliphatic rings. The number of ether oxygens (including phenoxy) is 1. The van der Waals surface area contributed by atoms with E-state index >= 15 is 0 Å². The Bertz CT molecular complexity index is 291. The third-order valence-corrected chi connectivity index (χ3v) is 2.97. The van der Waals surface area contributed by atoms with Crippen molar-refractivity contribution in [3.05, 3.63) is 12.2 Å². The van der Waals surface area contributed by atoms with Crippen LogP contribution in [0.1, 0.15) is 53.9 Å². The molecule has 0 saturated carbocycles. The van der Waals surface area contributed by atoms with Crippen LogP contribution < -0.4 is 0 Å². The second-order valence-corrected chi connectivity index (χ2v) is 5.76. The van der Waals surface area contributed by atoms with E-state index < -0.39 is 5.60 Å². The highest BCUT2D eigenvalue weighted by Gasteiger charge is 2.33. The summed E-state index contributed by atoms with van der Waals surface area (Å²) in [5.41, 5.74) is -0.422. The predicted molar refractivity (Wildman–Crippen MR) is 70.0 cm³/mol. The van der Waals surface area contributed by atoms with Crippen molar-refractivity contribution in [3.63, 3.8) is 0 Å². The number of hydrogen-bond donors (Lipinski definition) is 0. The molecule has 0 radical (unpaired) electrons. The number of piperidine rings is 1. The molecule has 1 rings (SSSR count). The fourth-order valence-electron chi connectivity index (χ4n) is 2.27. The van der Waals surface area contributed by atoms with E-state index in [-0.39, 0.29) is 18.2 Å². The molecule has 0 bridgehead atoms. The zero-order chi connectivity index (χ0) is 13.1. The van der Waals surface area contributed by atoms with Gasteiger partial charge in [-0.25, -0.2) is 4.79 Å². The lowest BCUT2D eigenvalue weighted by molar-refractivity contribution is 0.00360. The van der Waals surface area contributed by atoms with Gasteiger partial charge in [0.1, 0.15) is 5.60 Å². The number of carbonyl (C=O) groups is 1. The molecular weight excluding hydrogens is 214 g/mol. The highest BCUT2D eigenvalue weighted by Crippen LogP contribution is 2.25. The van der Waals surface area contributed by atoms with Crippen LogP contribution in [0, 0.1) is 0 Å². The number of nitrogens with zero attached hydrogens (tertiary/aromatic N) is 1. The minimum atomic E-state index is -0.422. The Labute approximate surface area is 105 Å². The monoisotopic (exact) mass is 239 g/mol. The molecule has 17 heavy (non-hydrogen) atoms. The van der Waals surface area contributed by atoms with Gasteiger partial charge in [0.25, 0.3) is 0 Å². The molecule has 98 valence electrons. The smallest absolute Gasteiger partial charge is 0.411 e. The first kappa shape index (κ1) is 14.1. The molecule has 0 aromatic heterocycles. The highest BCUT2D eigenvalue weighted by molar-refractivity contribution is 5.69. The van der Waals surface area contributed by atoms with E-state index in [1.54, 1.807) is 0 Å². The van der Waals surface area contributed by atoms with Crippen LogP contribution in [-0.2, 0) is 4.74 Å². The number of allylic oxidation sites excluding steroid dienone is 1. The SMILES string of the molecule is C/C=C/C1CCCC(C)N1C(=O)OC(C)(C)C. The third kappa shape index (κ3) is 4.06. The average Bonchev–Trinajstić information content (AvgIpc) is 2.15. The van der Waals surface area contributed by atoms with Gasteiger partial charge in [-0.05, 0) is 53.9 Å². The maximum absolute atomic E-state index is 12.2. The number of hydrogen-bond acceptors (Lipinski definition) is 2. The quantitative estimate of drug-likeness (QED) is 0.652. The van der Waals surface area contributed by atoms with E-state index in [2.05, 4.69) is 13.0 Å². The minimum absolute atomic E-state index is 0.187. The van der Waals surface area contributed by atoms with Crippen LogP contribution in [0.3, 0.4) is 0 Å². The summed E-state index contributed by atoms with van der Waals surface area (Å²) in [7, 11) is 0. The van der Waals surface area contributed by atoms with E-state index in [0.717, 1.165) is 12.8 Å². The van der Waals surface area contributed by atoms with Crippen LogP contribution in [-0.4, -0.2) is 28.7 Å². The molecule has 0 spiro atoms. The second-order valence-electron chi connectivity index (χ2n) is 5.76. The van der Waals surface area contributed by atoms with Crippen LogP contribution in [0.15, 0.2) is 12.2 Å². The summed E-state index contributed by atoms with van der Waals surface area (Å²) in [6.45, 7) is 9.81. The van der Waals surface area contributed by atoms with Crippen molar-refractivity contribution in [1.29, 1.82) is 0 Å². The Balaban J connectivity index is 2.78. The lowest BCUT2D eigenvalue weighted by Gasteiger charge is -2.39. The van der Waals surface area contributed by atoms with E-state index in [1.165, 1.54) is 6.42 Å². The van der Waals surface area contributed by atoms with Crippen molar-refractivity contribution in [2.75, 3.05) is 0 Å². The van der Waals surface area contributed by atoms with Gasteiger partial charge in [0.05, 0.1) is 6.04 Å². The van der Waals surface area contributed by atoms with Gasteiger partial charge < -0.3 is 4.74 Å². The predicted octanol–water partition coefficient (Wildman–Crippen LogP) is 3.74. The molecule has 1 saturated heterocycles. The summed E-state index contributed by atoms with van der Waals surface area (Å²) in [5, 5.41) is 0. The van der Waals surface area contributed by atoms with Gasteiger partial charge in [-0.1, -0.05) is 12.2 Å². The summed E-state index contributed by atoms with van der Waals surface area (Å²) >= 11 is 0. The van der Waals surface area contributed by atoms with Gasteiger partial charge in [0, 0.05) is 6.04 Å². The Morgan fingerprint density at radius 2 is 2.00 bits per heavy atom. The van der Waals surface area contributed by atoms with Crippen molar-refractivity contribution in [2.24, 2.45) is 0 Å². The van der Waals surface area contributed by atoms with Crippen molar-refractivity contribution >= 4 is 6.09 Å². The summed E-state index contributed by atoms with van der Waals surface area (Å²) in [4.78, 5) is 14.1. The molecule has 0 aromatic rings. The zero-order valence-corrected chi connectivity index (χ0v) is 11.7. The molecule has 1 heterocycles. The summed E-state index contributed by atoms with van der Waals surface area (Å²) in [6.07, 6.45) is 7.20. The summed E-state index contributed by atoms with van der Waals surface area (Å²) in [5.74, 6) is 0. The van der Waals surface area contributed by atoms with E-state index in [4.69, 9.17) is 4.74 Å². The largest absolute Gasteiger partial charge is 0.444 e. The molecule has 0 N–H and O–H groups in total. The highest BCUT2D eigenvalue weighted by atomic mass is 16.6. The molecule has 2 atom stereocenters. The number of likely N-dealkylation sites (tertiary alicyclic amines) is 1. The van der Waals surface area contributed by atoms with Crippen molar-refractivity contribution in [1.82, 2.24) is 4.90 Å². The summed E-state index contributed by atoms with van der Waals surface area (Å²) < 4.78 is 5.48. The van der Waals surface area contributed by atoms with Crippen molar-refractivity contribution in [3.8, 4) is 0 Å². The fraction of sp³-hybridized carbons (Fsp3) is 0.786. The van der Waals surface area contributed by atoms with E-state index in [1.807, 2.05) is 38.7 Å². The first-order chi connectivity index (χ1) is 7.85. The van der Waals surface area contributed by atoms with E-state index in [0.29, 0.717) is 0 Å². The lowest BCUT2D eigenvalue weighted by atomic mass is 9.96. The number of rotatable bonds is 1. The standard InChI is InChI=1S/C14H25NO2/c1-6-8-12-10-7-9-11(2)15(12)13(16)17-14(3,4)5/h6,8,11-12H,7,9-10H2,1-5H3/b8-6+. The van der Waals surface area contributed by atoms with Crippen LogP contribution >= 0.6 is 0 Å². The van der Waals surface area contributed by atoms with Gasteiger partial charge in [-0.15, -0.1) is 0 Å². The molecule has 1 amide bonds. The van der Waals surface area contributed by atoms with Gasteiger partial charge in [0.2, 0.25) is 0 Å². The molecule has 1 aliphatic heterocycles. The Kier molecular flexibility index (Phi) is 4.61. The maximum Gasteiger partial charge on any atom is 0.411 e. The summed E-state index contributed by atoms with van der Waals surface area (Å²) in [6, 6.07) is 0.457. The molecular formula is C14H25NO2. The third-order valence-electron chi connectivity index (χ3n) is 2.97. The van der Waals surface area contributed by atoms with Gasteiger partial charge in [-0.3, -0.25) is 4.90 Å². The molecule has 3 heteroatoms. The van der Waals surface area contributed by atoms with Crippen molar-refractivity contribution < 1.29 is 9.53 Å². The van der Waals surface area contributed by atoms with E-state index in [9.17, 15) is 4.79 Å². The van der Waals surface area contributed by atoms with Crippen LogP contribution in [0.2, 0.25) is 0 Å². The molecule has 2 unspecified atom stereocenters. The molecule has 1 fully saturated rings. The van der Waals surface area contributed by atoms with Gasteiger partial charge in [0.15, 0.2) is 0 Å². The number of amides is 1. The Hall–Kier alpha value is -0.990. The topological polar surface area (TPSA) is 29.5 Å². The van der Waals surface area contributed by atoms with Crippen molar-refractivity contribution in [2.45, 2.75) is 71.6 Å². The molecule has 0 aliphatic carbocycles. The Morgan fingerprint density at radius 1 is 1.35 bits per heavy atom. The Morgan fingerprint density at radius 3 is 2.53 bits per heavy atom. The number of carbonyl (C=O) groups excluding carboxylic acids is 1. The zero-order valence-electron chi connectivity index (χ0n) is 11.7. The fourth-order valence-corrected chi connectivity index (χ4v) is 2.27. The first-order valence-electron chi connectivity index (χ1n) is 6.49.